The Morgan fingerprint density at radius 1 is 1.88 bits per heavy atom. The average Bonchev–Trinajstić information content (AvgIpc) is 1.65. The molecule has 0 bridgehead atoms. The van der Waals surface area contributed by atoms with Crippen LogP contribution < -0.4 is 51.4 Å². The van der Waals surface area contributed by atoms with Crippen LogP contribution in [0.5, 0.6) is 0 Å². The van der Waals surface area contributed by atoms with Crippen molar-refractivity contribution < 1.29 is 52.8 Å². The minimum absolute atomic E-state index is 0. The van der Waals surface area contributed by atoms with E-state index in [2.05, 4.69) is 16.2 Å². The Balaban J connectivity index is -0.000000180. The third-order valence-corrected chi connectivity index (χ3v) is 2.84. The molecular formula is C3H8KNS2Se. The molecule has 0 aromatic rings. The van der Waals surface area contributed by atoms with E-state index in [1.807, 2.05) is 17.2 Å². The molecule has 0 fully saturated rings. The smallest absolute Gasteiger partial charge is 1.00 e. The fraction of sp³-hybridized carbons (Fsp3) is 0.667. The molecule has 0 unspecified atom stereocenters. The second-order valence-electron chi connectivity index (χ2n) is 0.994. The van der Waals surface area contributed by atoms with Gasteiger partial charge in [0.15, 0.2) is 0 Å². The topological polar surface area (TPSA) is 3.24 Å². The molecule has 0 saturated carbocycles. The van der Waals surface area contributed by atoms with Crippen molar-refractivity contribution in [2.24, 2.45) is 0 Å². The molecule has 44 valence electrons. The summed E-state index contributed by atoms with van der Waals surface area (Å²) in [6, 6.07) is 0. The Morgan fingerprint density at radius 2 is 2.25 bits per heavy atom. The standard InChI is InChI=1S/C3H7NS2Se.K.H/c1-4(7)3(5)6-2;;/h7H,1-2H3;;/q;+1;-1. The van der Waals surface area contributed by atoms with Gasteiger partial charge in [-0.25, -0.2) is 0 Å². The van der Waals surface area contributed by atoms with E-state index < -0.39 is 0 Å². The summed E-state index contributed by atoms with van der Waals surface area (Å²) in [7, 11) is 1.92. The van der Waals surface area contributed by atoms with E-state index in [-0.39, 0.29) is 52.8 Å². The summed E-state index contributed by atoms with van der Waals surface area (Å²) in [5, 5.41) is 0. The minimum atomic E-state index is 0. The van der Waals surface area contributed by atoms with Crippen LogP contribution in [0.25, 0.3) is 0 Å². The summed E-state index contributed by atoms with van der Waals surface area (Å²) in [6.45, 7) is 0. The molecular weight excluding hydrogens is 232 g/mol. The third-order valence-electron chi connectivity index (χ3n) is 0.439. The molecule has 1 nitrogen and oxygen atoms in total. The van der Waals surface area contributed by atoms with E-state index in [4.69, 9.17) is 12.2 Å². The third kappa shape index (κ3) is 6.51. The zero-order valence-electron chi connectivity index (χ0n) is 6.21. The molecule has 5 heteroatoms. The van der Waals surface area contributed by atoms with Gasteiger partial charge in [0.05, 0.1) is 0 Å². The van der Waals surface area contributed by atoms with Gasteiger partial charge >= 0.3 is 113 Å². The van der Waals surface area contributed by atoms with Crippen LogP contribution in [0, 0.1) is 0 Å². The number of nitrogens with zero attached hydrogens (tertiary/aromatic N) is 1. The van der Waals surface area contributed by atoms with Crippen molar-refractivity contribution in [2.45, 2.75) is 0 Å². The van der Waals surface area contributed by atoms with Gasteiger partial charge in [-0.2, -0.15) is 0 Å². The van der Waals surface area contributed by atoms with Crippen molar-refractivity contribution in [3.05, 3.63) is 0 Å². The van der Waals surface area contributed by atoms with Gasteiger partial charge in [-0.1, -0.05) is 0 Å². The Morgan fingerprint density at radius 3 is 2.25 bits per heavy atom. The fourth-order valence-corrected chi connectivity index (χ4v) is 0.910. The van der Waals surface area contributed by atoms with Crippen LogP contribution in [-0.4, -0.2) is 37.8 Å². The van der Waals surface area contributed by atoms with Crippen molar-refractivity contribution in [1.82, 2.24) is 3.92 Å². The number of rotatable bonds is 0. The quantitative estimate of drug-likeness (QED) is 0.340. The zero-order valence-corrected chi connectivity index (χ0v) is 11.8. The van der Waals surface area contributed by atoms with Crippen LogP contribution in [0.3, 0.4) is 0 Å². The molecule has 0 spiro atoms. The number of hydrogen-bond donors (Lipinski definition) is 0. The molecule has 0 radical (unpaired) electrons. The first-order valence-corrected chi connectivity index (χ1v) is 4.16. The zero-order chi connectivity index (χ0) is 5.86. The van der Waals surface area contributed by atoms with Crippen LogP contribution in [0.1, 0.15) is 1.43 Å². The molecule has 8 heavy (non-hydrogen) atoms. The predicted octanol–water partition coefficient (Wildman–Crippen LogP) is -2.50. The van der Waals surface area contributed by atoms with Crippen LogP contribution in [0.2, 0.25) is 0 Å². The number of thiocarbonyl (C=S) groups is 1. The molecule has 0 aliphatic rings. The largest absolute Gasteiger partial charge is 1.00 e. The van der Waals surface area contributed by atoms with Crippen molar-refractivity contribution in [2.75, 3.05) is 13.3 Å². The summed E-state index contributed by atoms with van der Waals surface area (Å²) < 4.78 is 2.76. The van der Waals surface area contributed by atoms with Crippen molar-refractivity contribution >= 4 is 44.5 Å². The van der Waals surface area contributed by atoms with E-state index in [1.165, 1.54) is 0 Å². The summed E-state index contributed by atoms with van der Waals surface area (Å²) in [4.78, 5) is 0. The molecule has 0 N–H and O–H groups in total. The van der Waals surface area contributed by atoms with E-state index >= 15 is 0 Å². The van der Waals surface area contributed by atoms with E-state index in [0.29, 0.717) is 0 Å². The first-order chi connectivity index (χ1) is 3.18. The van der Waals surface area contributed by atoms with E-state index in [9.17, 15) is 0 Å². The van der Waals surface area contributed by atoms with Crippen molar-refractivity contribution in [3.8, 4) is 0 Å². The molecule has 0 aliphatic carbocycles. The molecule has 0 aromatic carbocycles. The van der Waals surface area contributed by atoms with Gasteiger partial charge in [0.2, 0.25) is 0 Å². The molecule has 0 aromatic heterocycles. The second-order valence-corrected chi connectivity index (χ2v) is 3.69. The maximum atomic E-state index is 4.85. The Labute approximate surface area is 112 Å². The van der Waals surface area contributed by atoms with Gasteiger partial charge in [-0.05, 0) is 0 Å². The normalized spacial score (nSPS) is 7.38. The Bertz CT molecular complexity index is 82.2. The Kier molecular flexibility index (Phi) is 12.2. The summed E-state index contributed by atoms with van der Waals surface area (Å²) in [5.74, 6) is 0. The van der Waals surface area contributed by atoms with Gasteiger partial charge in [0, 0.05) is 0 Å². The Hall–Kier alpha value is 2.40. The first-order valence-electron chi connectivity index (χ1n) is 1.69. The van der Waals surface area contributed by atoms with E-state index in [0.717, 1.165) is 4.32 Å². The van der Waals surface area contributed by atoms with E-state index in [1.54, 1.807) is 11.8 Å². The maximum Gasteiger partial charge on any atom is 1.00 e. The fourth-order valence-electron chi connectivity index (χ4n) is 0.132. The van der Waals surface area contributed by atoms with Crippen LogP contribution in [-0.2, 0) is 0 Å². The van der Waals surface area contributed by atoms with Crippen molar-refractivity contribution in [1.29, 1.82) is 0 Å². The molecule has 0 heterocycles. The van der Waals surface area contributed by atoms with Crippen LogP contribution in [0.4, 0.5) is 0 Å². The van der Waals surface area contributed by atoms with Gasteiger partial charge in [-0.15, -0.1) is 0 Å². The summed E-state index contributed by atoms with van der Waals surface area (Å²) >= 11 is 8.78. The van der Waals surface area contributed by atoms with Gasteiger partial charge in [0.1, 0.15) is 0 Å². The van der Waals surface area contributed by atoms with Crippen LogP contribution in [0.15, 0.2) is 0 Å². The van der Waals surface area contributed by atoms with Gasteiger partial charge in [0.25, 0.3) is 0 Å². The van der Waals surface area contributed by atoms with Crippen LogP contribution >= 0.6 is 24.0 Å². The maximum absolute atomic E-state index is 4.85. The second kappa shape index (κ2) is 7.50. The SMILES string of the molecule is CSC(=S)N(C)[SeH].[H-].[K+]. The minimum Gasteiger partial charge on any atom is -1.00 e. The predicted molar refractivity (Wildman–Crippen MR) is 42.1 cm³/mol. The molecule has 0 aliphatic heterocycles. The first kappa shape index (κ1) is 13.0. The van der Waals surface area contributed by atoms with Gasteiger partial charge < -0.3 is 1.43 Å². The molecule has 0 saturated heterocycles. The molecule has 0 atom stereocenters. The average molecular weight is 240 g/mol. The van der Waals surface area contributed by atoms with Crippen molar-refractivity contribution in [3.63, 3.8) is 0 Å². The summed E-state index contributed by atoms with van der Waals surface area (Å²) in [6.07, 6.45) is 1.96. The number of thioether (sulfide) groups is 1. The molecule has 0 amide bonds. The summed E-state index contributed by atoms with van der Waals surface area (Å²) in [5.41, 5.74) is 0. The monoisotopic (exact) mass is 241 g/mol. The number of hydrogen-bond acceptors (Lipinski definition) is 2. The molecule has 0 rings (SSSR count). The van der Waals surface area contributed by atoms with Gasteiger partial charge in [-0.3, -0.25) is 0 Å².